The van der Waals surface area contributed by atoms with E-state index in [0.717, 1.165) is 21.9 Å². The molecule has 4 aromatic carbocycles. The number of rotatable bonds is 1. The summed E-state index contributed by atoms with van der Waals surface area (Å²) in [5.74, 6) is -0.0945. The summed E-state index contributed by atoms with van der Waals surface area (Å²) in [6, 6.07) is 27.1. The molecule has 0 atom stereocenters. The van der Waals surface area contributed by atoms with Gasteiger partial charge in [-0.2, -0.15) is 0 Å². The lowest BCUT2D eigenvalue weighted by Crippen LogP contribution is -2.28. The van der Waals surface area contributed by atoms with Crippen molar-refractivity contribution < 1.29 is 4.79 Å². The van der Waals surface area contributed by atoms with E-state index in [-0.39, 0.29) is 5.78 Å². The van der Waals surface area contributed by atoms with Gasteiger partial charge in [-0.15, -0.1) is 0 Å². The monoisotopic (exact) mass is 401 g/mol. The highest BCUT2D eigenvalue weighted by atomic mass is 16.2. The number of benzene rings is 4. The van der Waals surface area contributed by atoms with Gasteiger partial charge in [-0.25, -0.2) is 4.57 Å². The number of hydrogen-bond acceptors (Lipinski definition) is 3. The quantitative estimate of drug-likeness (QED) is 0.401. The standard InChI is InChI=1S/C27H15NO3/c29-25-21-10-4-1-7-17(21)20-14-13-16(15-24(20)25)28-26(30)22-11-5-2-8-18(22)19-9-3-6-12-23(19)27(28)31/h1-15H. The van der Waals surface area contributed by atoms with Crippen LogP contribution >= 0.6 is 0 Å². The average Bonchev–Trinajstić information content (AvgIpc) is 3.06. The lowest BCUT2D eigenvalue weighted by molar-refractivity contribution is 0.104. The van der Waals surface area contributed by atoms with Crippen molar-refractivity contribution in [1.82, 2.24) is 4.57 Å². The second-order valence-corrected chi connectivity index (χ2v) is 7.64. The third kappa shape index (κ3) is 2.39. The van der Waals surface area contributed by atoms with Crippen molar-refractivity contribution in [3.8, 4) is 16.8 Å². The lowest BCUT2D eigenvalue weighted by atomic mass is 10.1. The van der Waals surface area contributed by atoms with Gasteiger partial charge in [-0.05, 0) is 46.2 Å². The average molecular weight is 401 g/mol. The Hall–Kier alpha value is -4.31. The molecule has 0 spiro atoms. The molecular formula is C27H15NO3. The molecule has 146 valence electrons. The summed E-state index contributed by atoms with van der Waals surface area (Å²) in [6.45, 7) is 0. The first-order valence-corrected chi connectivity index (χ1v) is 10.0. The summed E-state index contributed by atoms with van der Waals surface area (Å²) in [7, 11) is 0. The zero-order valence-corrected chi connectivity index (χ0v) is 16.3. The van der Waals surface area contributed by atoms with E-state index >= 15 is 0 Å². The van der Waals surface area contributed by atoms with E-state index in [1.54, 1.807) is 42.5 Å². The third-order valence-electron chi connectivity index (χ3n) is 5.98. The van der Waals surface area contributed by atoms with Crippen LogP contribution in [-0.2, 0) is 0 Å². The predicted molar refractivity (Wildman–Crippen MR) is 122 cm³/mol. The van der Waals surface area contributed by atoms with Crippen LogP contribution in [0.25, 0.3) is 38.4 Å². The molecule has 4 nitrogen and oxygen atoms in total. The largest absolute Gasteiger partial charge is 0.289 e. The zero-order valence-electron chi connectivity index (χ0n) is 16.3. The van der Waals surface area contributed by atoms with Gasteiger partial charge in [0.15, 0.2) is 5.78 Å². The Bertz CT molecular complexity index is 1620. The normalized spacial score (nSPS) is 12.2. The van der Waals surface area contributed by atoms with Gasteiger partial charge in [0.05, 0.1) is 5.69 Å². The molecule has 0 radical (unpaired) electrons. The summed E-state index contributed by atoms with van der Waals surface area (Å²) in [5.41, 5.74) is 2.42. The Kier molecular flexibility index (Phi) is 3.59. The van der Waals surface area contributed by atoms with Crippen LogP contribution in [0.5, 0.6) is 0 Å². The second kappa shape index (κ2) is 6.34. The second-order valence-electron chi connectivity index (χ2n) is 7.64. The van der Waals surface area contributed by atoms with Crippen LogP contribution in [0.1, 0.15) is 15.9 Å². The molecule has 0 fully saturated rings. The molecule has 0 aliphatic heterocycles. The minimum Gasteiger partial charge on any atom is -0.289 e. The molecule has 31 heavy (non-hydrogen) atoms. The molecule has 0 saturated heterocycles. The fourth-order valence-electron chi connectivity index (χ4n) is 4.53. The minimum atomic E-state index is -0.403. The lowest BCUT2D eigenvalue weighted by Gasteiger charge is -2.06. The Morgan fingerprint density at radius 1 is 0.452 bits per heavy atom. The Balaban J connectivity index is 1.73. The number of fused-ring (bicyclic) bond motifs is 6. The van der Waals surface area contributed by atoms with E-state index < -0.39 is 11.1 Å². The molecule has 1 aliphatic rings. The van der Waals surface area contributed by atoms with Crippen molar-refractivity contribution in [3.05, 3.63) is 123 Å². The van der Waals surface area contributed by atoms with Gasteiger partial charge in [-0.1, -0.05) is 66.7 Å². The summed E-state index contributed by atoms with van der Waals surface area (Å²) in [4.78, 5) is 40.0. The molecule has 4 heteroatoms. The highest BCUT2D eigenvalue weighted by Crippen LogP contribution is 2.37. The Morgan fingerprint density at radius 2 is 0.935 bits per heavy atom. The summed E-state index contributed by atoms with van der Waals surface area (Å²) < 4.78 is 1.18. The molecule has 1 aromatic heterocycles. The number of hydrogen-bond donors (Lipinski definition) is 0. The first-order chi connectivity index (χ1) is 15.1. The first kappa shape index (κ1) is 17.5. The van der Waals surface area contributed by atoms with Gasteiger partial charge in [0.1, 0.15) is 0 Å². The van der Waals surface area contributed by atoms with Crippen molar-refractivity contribution in [2.24, 2.45) is 0 Å². The molecule has 0 unspecified atom stereocenters. The van der Waals surface area contributed by atoms with E-state index in [0.29, 0.717) is 27.6 Å². The number of carbonyl (C=O) groups excluding carboxylic acids is 1. The van der Waals surface area contributed by atoms with E-state index in [1.807, 2.05) is 48.5 Å². The summed E-state index contributed by atoms with van der Waals surface area (Å²) in [5, 5.41) is 2.36. The van der Waals surface area contributed by atoms with E-state index in [2.05, 4.69) is 0 Å². The van der Waals surface area contributed by atoms with E-state index in [4.69, 9.17) is 0 Å². The topological polar surface area (TPSA) is 56.1 Å². The van der Waals surface area contributed by atoms with Crippen LogP contribution in [0, 0.1) is 0 Å². The molecule has 1 aliphatic carbocycles. The Labute approximate surface area is 176 Å². The molecule has 0 amide bonds. The molecule has 5 aromatic rings. The van der Waals surface area contributed by atoms with Crippen LogP contribution in [0.2, 0.25) is 0 Å². The van der Waals surface area contributed by atoms with Gasteiger partial charge in [0.2, 0.25) is 0 Å². The van der Waals surface area contributed by atoms with E-state index in [1.165, 1.54) is 4.57 Å². The molecule has 0 saturated carbocycles. The van der Waals surface area contributed by atoms with Crippen LogP contribution in [-0.4, -0.2) is 10.4 Å². The summed E-state index contributed by atoms with van der Waals surface area (Å²) in [6.07, 6.45) is 0. The molecule has 0 bridgehead atoms. The van der Waals surface area contributed by atoms with Crippen molar-refractivity contribution in [1.29, 1.82) is 0 Å². The fourth-order valence-corrected chi connectivity index (χ4v) is 4.53. The van der Waals surface area contributed by atoms with Gasteiger partial charge in [-0.3, -0.25) is 14.4 Å². The predicted octanol–water partition coefficient (Wildman–Crippen LogP) is 4.72. The Morgan fingerprint density at radius 3 is 1.55 bits per heavy atom. The zero-order chi connectivity index (χ0) is 21.1. The number of ketones is 1. The minimum absolute atomic E-state index is 0.0945. The van der Waals surface area contributed by atoms with Gasteiger partial charge >= 0.3 is 0 Å². The SMILES string of the molecule is O=C1c2ccccc2-c2ccc(-n3c(=O)c4ccccc4c4ccccc4c3=O)cc21. The number of carbonyl (C=O) groups is 1. The van der Waals surface area contributed by atoms with Crippen molar-refractivity contribution in [3.63, 3.8) is 0 Å². The van der Waals surface area contributed by atoms with Crippen molar-refractivity contribution in [2.75, 3.05) is 0 Å². The maximum atomic E-state index is 13.5. The smallest absolute Gasteiger partial charge is 0.265 e. The highest BCUT2D eigenvalue weighted by molar-refractivity contribution is 6.21. The van der Waals surface area contributed by atoms with Crippen LogP contribution in [0.3, 0.4) is 0 Å². The van der Waals surface area contributed by atoms with Crippen molar-refractivity contribution >= 4 is 27.3 Å². The molecule has 1 heterocycles. The van der Waals surface area contributed by atoms with Gasteiger partial charge in [0.25, 0.3) is 11.1 Å². The number of nitrogens with zero attached hydrogens (tertiary/aromatic N) is 1. The van der Waals surface area contributed by atoms with Crippen LogP contribution in [0.4, 0.5) is 0 Å². The maximum absolute atomic E-state index is 13.5. The molecule has 0 N–H and O–H groups in total. The van der Waals surface area contributed by atoms with Crippen LogP contribution < -0.4 is 11.1 Å². The van der Waals surface area contributed by atoms with Crippen LogP contribution in [0.15, 0.2) is 101 Å². The third-order valence-corrected chi connectivity index (χ3v) is 5.98. The number of aromatic nitrogens is 1. The van der Waals surface area contributed by atoms with Gasteiger partial charge in [0, 0.05) is 21.9 Å². The van der Waals surface area contributed by atoms with E-state index in [9.17, 15) is 14.4 Å². The molecule has 6 rings (SSSR count). The first-order valence-electron chi connectivity index (χ1n) is 10.0. The molecular weight excluding hydrogens is 386 g/mol. The fraction of sp³-hybridized carbons (Fsp3) is 0. The highest BCUT2D eigenvalue weighted by Gasteiger charge is 2.27. The van der Waals surface area contributed by atoms with Gasteiger partial charge < -0.3 is 0 Å². The summed E-state index contributed by atoms with van der Waals surface area (Å²) >= 11 is 0. The van der Waals surface area contributed by atoms with Crippen molar-refractivity contribution in [2.45, 2.75) is 0 Å². The maximum Gasteiger partial charge on any atom is 0.265 e.